The Bertz CT molecular complexity index is 1030. The van der Waals surface area contributed by atoms with Gasteiger partial charge in [0.05, 0.1) is 0 Å². The molecule has 1 aromatic carbocycles. The van der Waals surface area contributed by atoms with Crippen LogP contribution in [-0.4, -0.2) is 26.2 Å². The molecule has 2 amide bonds. The number of rotatable bonds is 6. The molecule has 8 heteroatoms. The number of nitrogens with one attached hydrogen (secondary N) is 1. The molecule has 0 atom stereocenters. The summed E-state index contributed by atoms with van der Waals surface area (Å²) in [5.74, 6) is -1.16. The van der Waals surface area contributed by atoms with Crippen molar-refractivity contribution in [2.24, 2.45) is 5.73 Å². The third-order valence-electron chi connectivity index (χ3n) is 4.52. The number of hydrogen-bond donors (Lipinski definition) is 2. The first-order valence-electron chi connectivity index (χ1n) is 8.51. The molecule has 0 fully saturated rings. The second kappa shape index (κ2) is 7.53. The molecular formula is C19H20FN5O2. The molecule has 2 aromatic heterocycles. The van der Waals surface area contributed by atoms with Gasteiger partial charge in [-0.3, -0.25) is 14.0 Å². The predicted octanol–water partition coefficient (Wildman–Crippen LogP) is 1.83. The van der Waals surface area contributed by atoms with Crippen molar-refractivity contribution in [2.75, 3.05) is 0 Å². The Hall–Kier alpha value is -3.29. The number of halogens is 1. The van der Waals surface area contributed by atoms with Crippen molar-refractivity contribution in [2.45, 2.75) is 33.2 Å². The highest BCUT2D eigenvalue weighted by atomic mass is 19.1. The molecule has 140 valence electrons. The van der Waals surface area contributed by atoms with Crippen LogP contribution in [0.1, 0.15) is 39.4 Å². The van der Waals surface area contributed by atoms with Crippen molar-refractivity contribution in [1.82, 2.24) is 19.7 Å². The number of fused-ring (bicyclic) bond motifs is 1. The number of aromatic nitrogens is 3. The molecule has 7 nitrogen and oxygen atoms in total. The molecular weight excluding hydrogens is 349 g/mol. The summed E-state index contributed by atoms with van der Waals surface area (Å²) in [6.07, 6.45) is 2.20. The Morgan fingerprint density at radius 2 is 2.00 bits per heavy atom. The largest absolute Gasteiger partial charge is 0.364 e. The summed E-state index contributed by atoms with van der Waals surface area (Å²) in [4.78, 5) is 32.0. The standard InChI is InChI=1S/C19H20FN5O2/c1-11-14(12(2)25-10-23-17(18(21)27)19(25)24-11)7-8-16(26)22-9-13-5-3-4-6-15(13)20/h3-6,10H,7-9H2,1-2H3,(H2,21,27)(H,22,26). The van der Waals surface area contributed by atoms with Gasteiger partial charge in [-0.05, 0) is 31.9 Å². The number of amides is 2. The Balaban J connectivity index is 1.70. The second-order valence-corrected chi connectivity index (χ2v) is 6.28. The molecule has 3 N–H and O–H groups in total. The molecule has 0 unspecified atom stereocenters. The van der Waals surface area contributed by atoms with Crippen LogP contribution < -0.4 is 11.1 Å². The van der Waals surface area contributed by atoms with E-state index in [0.717, 1.165) is 11.3 Å². The molecule has 0 radical (unpaired) electrons. The van der Waals surface area contributed by atoms with Gasteiger partial charge in [0.1, 0.15) is 12.1 Å². The minimum Gasteiger partial charge on any atom is -0.364 e. The predicted molar refractivity (Wildman–Crippen MR) is 97.5 cm³/mol. The molecule has 3 rings (SSSR count). The van der Waals surface area contributed by atoms with Crippen molar-refractivity contribution >= 4 is 17.5 Å². The number of carbonyl (C=O) groups excluding carboxylic acids is 2. The van der Waals surface area contributed by atoms with Crippen LogP contribution in [0, 0.1) is 19.7 Å². The number of nitrogens with zero attached hydrogens (tertiary/aromatic N) is 3. The lowest BCUT2D eigenvalue weighted by Crippen LogP contribution is -2.24. The quantitative estimate of drug-likeness (QED) is 0.692. The monoisotopic (exact) mass is 369 g/mol. The van der Waals surface area contributed by atoms with Gasteiger partial charge in [0, 0.05) is 29.9 Å². The summed E-state index contributed by atoms with van der Waals surface area (Å²) < 4.78 is 15.3. The number of aryl methyl sites for hydroxylation is 2. The lowest BCUT2D eigenvalue weighted by atomic mass is 10.1. The third kappa shape index (κ3) is 3.79. The van der Waals surface area contributed by atoms with E-state index in [9.17, 15) is 14.0 Å². The summed E-state index contributed by atoms with van der Waals surface area (Å²) in [6, 6.07) is 6.33. The topological polar surface area (TPSA) is 102 Å². The van der Waals surface area contributed by atoms with E-state index in [1.807, 2.05) is 13.8 Å². The zero-order valence-electron chi connectivity index (χ0n) is 15.1. The summed E-state index contributed by atoms with van der Waals surface area (Å²) in [6.45, 7) is 3.84. The molecule has 3 aromatic rings. The fourth-order valence-electron chi connectivity index (χ4n) is 3.03. The lowest BCUT2D eigenvalue weighted by molar-refractivity contribution is -0.121. The number of benzene rings is 1. The van der Waals surface area contributed by atoms with Gasteiger partial charge in [0.15, 0.2) is 11.3 Å². The first-order valence-corrected chi connectivity index (χ1v) is 8.51. The van der Waals surface area contributed by atoms with E-state index < -0.39 is 5.91 Å². The summed E-state index contributed by atoms with van der Waals surface area (Å²) >= 11 is 0. The molecule has 0 saturated heterocycles. The molecule has 2 heterocycles. The Morgan fingerprint density at radius 3 is 2.70 bits per heavy atom. The van der Waals surface area contributed by atoms with E-state index >= 15 is 0 Å². The third-order valence-corrected chi connectivity index (χ3v) is 4.52. The van der Waals surface area contributed by atoms with E-state index in [1.54, 1.807) is 22.6 Å². The maximum absolute atomic E-state index is 13.6. The van der Waals surface area contributed by atoms with E-state index in [2.05, 4.69) is 15.3 Å². The van der Waals surface area contributed by atoms with Crippen LogP contribution in [0.5, 0.6) is 0 Å². The Labute approximate surface area is 155 Å². The summed E-state index contributed by atoms with van der Waals surface area (Å²) in [5, 5.41) is 2.73. The number of hydrogen-bond acceptors (Lipinski definition) is 4. The number of imidazole rings is 1. The van der Waals surface area contributed by atoms with Gasteiger partial charge in [0.25, 0.3) is 5.91 Å². The van der Waals surface area contributed by atoms with Gasteiger partial charge >= 0.3 is 0 Å². The van der Waals surface area contributed by atoms with E-state index in [4.69, 9.17) is 5.73 Å². The van der Waals surface area contributed by atoms with Crippen molar-refractivity contribution in [3.05, 3.63) is 64.6 Å². The summed E-state index contributed by atoms with van der Waals surface area (Å²) in [5.41, 5.74) is 8.75. The molecule has 27 heavy (non-hydrogen) atoms. The van der Waals surface area contributed by atoms with Gasteiger partial charge in [-0.2, -0.15) is 0 Å². The molecule has 0 aliphatic heterocycles. The van der Waals surface area contributed by atoms with Crippen LogP contribution in [0.4, 0.5) is 4.39 Å². The second-order valence-electron chi connectivity index (χ2n) is 6.28. The van der Waals surface area contributed by atoms with Crippen LogP contribution in [0.2, 0.25) is 0 Å². The minimum absolute atomic E-state index is 0.121. The van der Waals surface area contributed by atoms with Crippen molar-refractivity contribution in [3.63, 3.8) is 0 Å². The van der Waals surface area contributed by atoms with Gasteiger partial charge in [-0.25, -0.2) is 14.4 Å². The number of primary amides is 1. The molecule has 0 aliphatic carbocycles. The lowest BCUT2D eigenvalue weighted by Gasteiger charge is -2.12. The van der Waals surface area contributed by atoms with Crippen molar-refractivity contribution in [1.29, 1.82) is 0 Å². The number of carbonyl (C=O) groups is 2. The number of nitrogens with two attached hydrogens (primary N) is 1. The molecule has 0 spiro atoms. The first kappa shape index (κ1) is 18.5. The van der Waals surface area contributed by atoms with E-state index in [-0.39, 0.29) is 30.4 Å². The van der Waals surface area contributed by atoms with Crippen LogP contribution in [0.15, 0.2) is 30.6 Å². The van der Waals surface area contributed by atoms with Crippen LogP contribution in [0.25, 0.3) is 5.65 Å². The highest BCUT2D eigenvalue weighted by Crippen LogP contribution is 2.18. The highest BCUT2D eigenvalue weighted by Gasteiger charge is 2.17. The minimum atomic E-state index is -0.635. The first-order chi connectivity index (χ1) is 12.9. The SMILES string of the molecule is Cc1nc2c(C(N)=O)ncn2c(C)c1CCC(=O)NCc1ccccc1F. The van der Waals surface area contributed by atoms with Crippen molar-refractivity contribution < 1.29 is 14.0 Å². The molecule has 0 saturated carbocycles. The Morgan fingerprint density at radius 1 is 1.26 bits per heavy atom. The van der Waals surface area contributed by atoms with Crippen LogP contribution in [-0.2, 0) is 17.8 Å². The highest BCUT2D eigenvalue weighted by molar-refractivity contribution is 5.96. The molecule has 0 bridgehead atoms. The van der Waals surface area contributed by atoms with Gasteiger partial charge in [0.2, 0.25) is 5.91 Å². The van der Waals surface area contributed by atoms with Gasteiger partial charge in [-0.1, -0.05) is 18.2 Å². The fraction of sp³-hybridized carbons (Fsp3) is 0.263. The average molecular weight is 369 g/mol. The zero-order chi connectivity index (χ0) is 19.6. The van der Waals surface area contributed by atoms with Gasteiger partial charge < -0.3 is 11.1 Å². The fourth-order valence-corrected chi connectivity index (χ4v) is 3.03. The van der Waals surface area contributed by atoms with E-state index in [0.29, 0.717) is 23.3 Å². The van der Waals surface area contributed by atoms with E-state index in [1.165, 1.54) is 12.4 Å². The maximum Gasteiger partial charge on any atom is 0.271 e. The van der Waals surface area contributed by atoms with Crippen LogP contribution >= 0.6 is 0 Å². The summed E-state index contributed by atoms with van der Waals surface area (Å²) in [7, 11) is 0. The van der Waals surface area contributed by atoms with Gasteiger partial charge in [-0.15, -0.1) is 0 Å². The normalized spacial score (nSPS) is 10.9. The molecule has 0 aliphatic rings. The van der Waals surface area contributed by atoms with Crippen LogP contribution in [0.3, 0.4) is 0 Å². The maximum atomic E-state index is 13.6. The Kier molecular flexibility index (Phi) is 5.16. The average Bonchev–Trinajstić information content (AvgIpc) is 3.05. The smallest absolute Gasteiger partial charge is 0.271 e. The zero-order valence-corrected chi connectivity index (χ0v) is 15.1. The van der Waals surface area contributed by atoms with Crippen molar-refractivity contribution in [3.8, 4) is 0 Å².